The van der Waals surface area contributed by atoms with Crippen LogP contribution in [0.4, 0.5) is 0 Å². The van der Waals surface area contributed by atoms with E-state index in [0.29, 0.717) is 44.8 Å². The molecule has 678 valence electrons. The van der Waals surface area contributed by atoms with Crippen LogP contribution in [0, 0.1) is 76.9 Å². The van der Waals surface area contributed by atoms with E-state index in [9.17, 15) is 4.79 Å². The molecule has 11 fully saturated rings. The highest BCUT2D eigenvalue weighted by atomic mass is 32.2. The van der Waals surface area contributed by atoms with E-state index in [0.717, 1.165) is 150 Å². The van der Waals surface area contributed by atoms with Crippen LogP contribution in [0.2, 0.25) is 0 Å². The van der Waals surface area contributed by atoms with Gasteiger partial charge in [0.2, 0.25) is 4.90 Å². The van der Waals surface area contributed by atoms with Crippen LogP contribution in [0.1, 0.15) is 316 Å². The van der Waals surface area contributed by atoms with E-state index in [-0.39, 0.29) is 27.6 Å². The molecular weight excluding hydrogens is 1610 g/mol. The van der Waals surface area contributed by atoms with Crippen LogP contribution in [-0.4, -0.2) is 90.4 Å². The number of hydrogen-bond donors (Lipinski definition) is 0. The van der Waals surface area contributed by atoms with Gasteiger partial charge in [0.05, 0.1) is 49.6 Å². The Morgan fingerprint density at radius 3 is 1.34 bits per heavy atom. The number of ketones is 1. The van der Waals surface area contributed by atoms with Gasteiger partial charge in [0.25, 0.3) is 0 Å². The number of aryl methyl sites for hydroxylation is 1. The number of carbonyl (C=O) groups is 1. The van der Waals surface area contributed by atoms with E-state index in [1.54, 1.807) is 16.7 Å². The molecule has 7 nitrogen and oxygen atoms in total. The fraction of sp³-hybridized carbons (Fsp3) is 0.640. The molecule has 0 N–H and O–H groups in total. The average molecular weight is 1770 g/mol. The normalized spacial score (nSPS) is 25.8. The molecule has 11 heteroatoms. The molecular formula is C114H160O7S4+4. The largest absolute Gasteiger partial charge is 0.493 e. The Labute approximate surface area is 767 Å². The highest BCUT2D eigenvalue weighted by molar-refractivity contribution is 7.98. The molecule has 19 rings (SSSR count). The zero-order valence-electron chi connectivity index (χ0n) is 79.1. The maximum atomic E-state index is 12.4. The van der Waals surface area contributed by atoms with Crippen molar-refractivity contribution in [2.24, 2.45) is 70.0 Å². The van der Waals surface area contributed by atoms with E-state index in [2.05, 4.69) is 184 Å². The fourth-order valence-electron chi connectivity index (χ4n) is 23.9. The number of Topliss-reactive ketones (excluding diaryl/α,β-unsaturated/α-hetero) is 1. The van der Waals surface area contributed by atoms with Crippen molar-refractivity contribution in [2.45, 2.75) is 339 Å². The molecule has 8 aromatic carbocycles. The van der Waals surface area contributed by atoms with Gasteiger partial charge in [-0.25, -0.2) is 0 Å². The summed E-state index contributed by atoms with van der Waals surface area (Å²) in [7, 11) is 1.31. The number of hydrogen-bond acceptors (Lipinski definition) is 7. The molecule has 4 atom stereocenters. The van der Waals surface area contributed by atoms with E-state index < -0.39 is 0 Å². The molecule has 7 aliphatic carbocycles. The molecule has 7 saturated carbocycles. The van der Waals surface area contributed by atoms with Gasteiger partial charge in [0.15, 0.2) is 26.2 Å². The smallest absolute Gasteiger partial charge is 0.204 e. The van der Waals surface area contributed by atoms with Crippen LogP contribution in [0.5, 0.6) is 34.5 Å². The van der Waals surface area contributed by atoms with Crippen LogP contribution >= 0.6 is 0 Å². The Bertz CT molecular complexity index is 4750. The minimum atomic E-state index is 0.121. The first-order chi connectivity index (χ1) is 60.8. The number of carbonyl (C=O) groups excluding carboxylic acids is 1. The van der Waals surface area contributed by atoms with Gasteiger partial charge < -0.3 is 28.4 Å². The SMILES string of the molecule is CC(=O)c1cc([S+]2CCCC2)c2ccccc2c1OCCC1CCCC1.CC(C)(C)C1CCC(Oc2cc(OC3CCC(C(C)(C)C)CC3)c3ccccc3c2[S+]2CCCC2)CC1.Cc1cc(OCCC2CCCCC2)c2ccccc2c1[S+]1CC(C)C(C)C1.c1cc(OCC2CCCCC2)c2c([S+]3CC4CCCCC4C3)ccc(OCC3CCCCC3)c2c1. The lowest BCUT2D eigenvalue weighted by molar-refractivity contribution is 0.0830. The van der Waals surface area contributed by atoms with Crippen LogP contribution in [0.15, 0.2) is 141 Å². The highest BCUT2D eigenvalue weighted by Crippen LogP contribution is 2.51. The van der Waals surface area contributed by atoms with Crippen molar-refractivity contribution in [3.05, 3.63) is 132 Å². The molecule has 4 aliphatic heterocycles. The summed E-state index contributed by atoms with van der Waals surface area (Å²) >= 11 is 0. The van der Waals surface area contributed by atoms with Gasteiger partial charge in [-0.15, -0.1) is 0 Å². The predicted octanol–water partition coefficient (Wildman–Crippen LogP) is 30.7. The number of benzene rings is 8. The molecule has 125 heavy (non-hydrogen) atoms. The molecule has 0 amide bonds. The van der Waals surface area contributed by atoms with Crippen molar-refractivity contribution in [3.63, 3.8) is 0 Å². The summed E-state index contributed by atoms with van der Waals surface area (Å²) in [5.74, 6) is 25.5. The summed E-state index contributed by atoms with van der Waals surface area (Å²) in [5, 5.41) is 10.5. The Balaban J connectivity index is 0.000000124. The Morgan fingerprint density at radius 2 is 0.800 bits per heavy atom. The molecule has 4 unspecified atom stereocenters. The first-order valence-corrected chi connectivity index (χ1v) is 57.3. The predicted molar refractivity (Wildman–Crippen MR) is 539 cm³/mol. The van der Waals surface area contributed by atoms with E-state index in [4.69, 9.17) is 28.4 Å². The zero-order valence-corrected chi connectivity index (χ0v) is 82.4. The van der Waals surface area contributed by atoms with E-state index >= 15 is 0 Å². The van der Waals surface area contributed by atoms with Crippen LogP contribution in [0.25, 0.3) is 43.1 Å². The minimum Gasteiger partial charge on any atom is -0.493 e. The van der Waals surface area contributed by atoms with Gasteiger partial charge in [-0.05, 0) is 231 Å². The van der Waals surface area contributed by atoms with Crippen LogP contribution < -0.4 is 28.4 Å². The van der Waals surface area contributed by atoms with Crippen molar-refractivity contribution < 1.29 is 33.2 Å². The second kappa shape index (κ2) is 44.3. The molecule has 0 bridgehead atoms. The lowest BCUT2D eigenvalue weighted by Gasteiger charge is -2.37. The van der Waals surface area contributed by atoms with Crippen molar-refractivity contribution in [1.29, 1.82) is 0 Å². The monoisotopic (exact) mass is 1770 g/mol. The van der Waals surface area contributed by atoms with Crippen molar-refractivity contribution in [3.8, 4) is 34.5 Å². The van der Waals surface area contributed by atoms with Crippen molar-refractivity contribution in [2.75, 3.05) is 72.5 Å². The molecule has 8 aromatic rings. The lowest BCUT2D eigenvalue weighted by atomic mass is 9.72. The van der Waals surface area contributed by atoms with Gasteiger partial charge in [-0.2, -0.15) is 0 Å². The second-order valence-corrected chi connectivity index (χ2v) is 51.6. The summed E-state index contributed by atoms with van der Waals surface area (Å²) in [6, 6.07) is 44.8. The van der Waals surface area contributed by atoms with E-state index in [1.807, 2.05) is 0 Å². The quantitative estimate of drug-likeness (QED) is 0.0467. The summed E-state index contributed by atoms with van der Waals surface area (Å²) in [6.45, 7) is 26.6. The number of ether oxygens (including phenoxy) is 6. The third kappa shape index (κ3) is 23.8. The fourth-order valence-corrected chi connectivity index (χ4v) is 35.6. The summed E-state index contributed by atoms with van der Waals surface area (Å²) in [4.78, 5) is 18.5. The van der Waals surface area contributed by atoms with Crippen molar-refractivity contribution >= 4 is 92.5 Å². The maximum absolute atomic E-state index is 12.4. The average Bonchev–Trinajstić information content (AvgIpc) is 1.66. The minimum absolute atomic E-state index is 0.121. The van der Waals surface area contributed by atoms with Crippen LogP contribution in [-0.2, 0) is 43.6 Å². The molecule has 0 radical (unpaired) electrons. The van der Waals surface area contributed by atoms with E-state index in [1.165, 1.54) is 317 Å². The summed E-state index contributed by atoms with van der Waals surface area (Å²) in [6.07, 6.45) is 50.0. The molecule has 4 saturated heterocycles. The zero-order chi connectivity index (χ0) is 86.4. The lowest BCUT2D eigenvalue weighted by Crippen LogP contribution is -2.31. The molecule has 0 aromatic heterocycles. The first-order valence-electron chi connectivity index (χ1n) is 51.1. The summed E-state index contributed by atoms with van der Waals surface area (Å²) in [5.41, 5.74) is 3.02. The molecule has 0 spiro atoms. The Hall–Kier alpha value is -5.33. The van der Waals surface area contributed by atoms with Crippen LogP contribution in [0.3, 0.4) is 0 Å². The third-order valence-electron chi connectivity index (χ3n) is 31.9. The number of fused-ring (bicyclic) bond motifs is 5. The summed E-state index contributed by atoms with van der Waals surface area (Å²) < 4.78 is 39.7. The van der Waals surface area contributed by atoms with Gasteiger partial charge in [0.1, 0.15) is 74.8 Å². The van der Waals surface area contributed by atoms with Gasteiger partial charge in [-0.1, -0.05) is 231 Å². The molecule has 4 heterocycles. The third-order valence-corrected chi connectivity index (χ3v) is 42.6. The standard InChI is InChI=1S/C34H51O2S.C32H45O2S.C25H35OS.C23H29O2S/c1-33(2,3)24-13-17-26(18-14-24)35-30-23-31(36-27-19-15-25(16-20-27)34(4,5)6)32(37-21-9-10-22-37)29-12-8-7-11-28(29)30;1-3-10-24(11-4-1)20-33-29-18-19-31(35-22-26-14-7-8-15-27(26)23-35)32-28(29)16-9-17-30(32)34-21-25-12-5-2-6-13-25;1-18-15-24(26-14-13-21-9-5-4-6-10-21)22-11-7-8-12-23(22)25(18)27-16-19(2)20(3)17-27;1-17(24)21-16-22(26-14-6-7-15-26)19-10-4-5-11-20(19)23(21)25-13-12-18-8-2-3-9-18/h7-8,11-12,23-27H,9-10,13-22H2,1-6H3;9,16-19,24-27H,1-8,10-15,20-23H2;7-8,11-12,15,19-21H,4-6,9-10,13-14,16-17H2,1-3H3;4-5,10-11,16,18H,2-3,6-9,12-15H2,1H3/q4*+1. The van der Waals surface area contributed by atoms with Crippen molar-refractivity contribution in [1.82, 2.24) is 0 Å². The Morgan fingerprint density at radius 1 is 0.352 bits per heavy atom. The topological polar surface area (TPSA) is 72.5 Å². The Kier molecular flexibility index (Phi) is 32.9. The second-order valence-electron chi connectivity index (χ2n) is 43.0. The maximum Gasteiger partial charge on any atom is 0.204 e. The first kappa shape index (κ1) is 92.9. The highest BCUT2D eigenvalue weighted by Gasteiger charge is 2.46. The van der Waals surface area contributed by atoms with Gasteiger partial charge in [-0.3, -0.25) is 4.79 Å². The number of rotatable bonds is 23. The van der Waals surface area contributed by atoms with Gasteiger partial charge in [0, 0.05) is 123 Å². The van der Waals surface area contributed by atoms with Gasteiger partial charge >= 0.3 is 0 Å². The molecule has 11 aliphatic rings.